The summed E-state index contributed by atoms with van der Waals surface area (Å²) in [6.07, 6.45) is 2.23. The van der Waals surface area contributed by atoms with E-state index >= 15 is 0 Å². The SMILES string of the molecule is CN(Cc1cc2ccccc2[nH]1)C(=O)NC1CC1. The molecule has 18 heavy (non-hydrogen) atoms. The van der Waals surface area contributed by atoms with Crippen LogP contribution in [0.5, 0.6) is 0 Å². The second-order valence-electron chi connectivity index (χ2n) is 4.96. The van der Waals surface area contributed by atoms with Crippen LogP contribution < -0.4 is 5.32 Å². The van der Waals surface area contributed by atoms with E-state index < -0.39 is 0 Å². The maximum atomic E-state index is 11.8. The van der Waals surface area contributed by atoms with Crippen molar-refractivity contribution in [3.63, 3.8) is 0 Å². The lowest BCUT2D eigenvalue weighted by molar-refractivity contribution is 0.206. The molecular weight excluding hydrogens is 226 g/mol. The van der Waals surface area contributed by atoms with Crippen LogP contribution in [0, 0.1) is 0 Å². The number of urea groups is 1. The molecule has 0 saturated heterocycles. The number of H-pyrrole nitrogens is 1. The normalized spacial score (nSPS) is 14.7. The van der Waals surface area contributed by atoms with Gasteiger partial charge in [0.25, 0.3) is 0 Å². The summed E-state index contributed by atoms with van der Waals surface area (Å²) in [6.45, 7) is 0.604. The van der Waals surface area contributed by atoms with Crippen molar-refractivity contribution in [3.05, 3.63) is 36.0 Å². The monoisotopic (exact) mass is 243 g/mol. The molecule has 0 unspecified atom stereocenters. The third kappa shape index (κ3) is 2.32. The van der Waals surface area contributed by atoms with Crippen LogP contribution in [-0.4, -0.2) is 29.0 Å². The molecule has 0 atom stereocenters. The van der Waals surface area contributed by atoms with E-state index in [0.717, 1.165) is 24.1 Å². The summed E-state index contributed by atoms with van der Waals surface area (Å²) in [5.41, 5.74) is 2.17. The Bertz CT molecular complexity index is 538. The molecule has 1 aliphatic rings. The molecule has 4 nitrogen and oxygen atoms in total. The molecule has 4 heteroatoms. The number of aromatic nitrogens is 1. The highest BCUT2D eigenvalue weighted by molar-refractivity contribution is 5.80. The molecule has 0 aliphatic heterocycles. The Balaban J connectivity index is 1.68. The van der Waals surface area contributed by atoms with Crippen molar-refractivity contribution in [2.75, 3.05) is 7.05 Å². The molecule has 1 heterocycles. The van der Waals surface area contributed by atoms with E-state index in [2.05, 4.69) is 22.4 Å². The van der Waals surface area contributed by atoms with E-state index in [0.29, 0.717) is 12.6 Å². The van der Waals surface area contributed by atoms with Crippen LogP contribution in [0.3, 0.4) is 0 Å². The summed E-state index contributed by atoms with van der Waals surface area (Å²) < 4.78 is 0. The topological polar surface area (TPSA) is 48.1 Å². The molecule has 1 aromatic carbocycles. The lowest BCUT2D eigenvalue weighted by atomic mass is 10.2. The average molecular weight is 243 g/mol. The zero-order chi connectivity index (χ0) is 12.5. The fourth-order valence-electron chi connectivity index (χ4n) is 2.06. The summed E-state index contributed by atoms with van der Waals surface area (Å²) in [7, 11) is 1.82. The van der Waals surface area contributed by atoms with Gasteiger partial charge in [0, 0.05) is 24.3 Å². The predicted octanol–water partition coefficient (Wildman–Crippen LogP) is 2.47. The second-order valence-corrected chi connectivity index (χ2v) is 4.96. The molecule has 0 radical (unpaired) electrons. The number of fused-ring (bicyclic) bond motifs is 1. The van der Waals surface area contributed by atoms with Crippen molar-refractivity contribution in [2.45, 2.75) is 25.4 Å². The van der Waals surface area contributed by atoms with Crippen molar-refractivity contribution in [1.82, 2.24) is 15.2 Å². The molecule has 2 aromatic rings. The molecule has 0 spiro atoms. The first-order valence-electron chi connectivity index (χ1n) is 6.30. The minimum absolute atomic E-state index is 0.0103. The molecule has 1 aliphatic carbocycles. The molecule has 94 valence electrons. The Morgan fingerprint density at radius 3 is 2.94 bits per heavy atom. The van der Waals surface area contributed by atoms with Gasteiger partial charge >= 0.3 is 6.03 Å². The zero-order valence-electron chi connectivity index (χ0n) is 10.4. The van der Waals surface area contributed by atoms with Crippen LogP contribution >= 0.6 is 0 Å². The Hall–Kier alpha value is -1.97. The highest BCUT2D eigenvalue weighted by Gasteiger charge is 2.24. The van der Waals surface area contributed by atoms with Crippen LogP contribution in [0.4, 0.5) is 4.79 Å². The Morgan fingerprint density at radius 2 is 2.22 bits per heavy atom. The van der Waals surface area contributed by atoms with Gasteiger partial charge in [-0.3, -0.25) is 0 Å². The molecule has 1 saturated carbocycles. The first kappa shape index (κ1) is 11.1. The minimum Gasteiger partial charge on any atom is -0.357 e. The fourth-order valence-corrected chi connectivity index (χ4v) is 2.06. The van der Waals surface area contributed by atoms with Crippen molar-refractivity contribution in [1.29, 1.82) is 0 Å². The van der Waals surface area contributed by atoms with E-state index in [9.17, 15) is 4.79 Å². The van der Waals surface area contributed by atoms with E-state index in [-0.39, 0.29) is 6.03 Å². The lowest BCUT2D eigenvalue weighted by Crippen LogP contribution is -2.37. The highest BCUT2D eigenvalue weighted by atomic mass is 16.2. The number of aromatic amines is 1. The second kappa shape index (κ2) is 4.37. The smallest absolute Gasteiger partial charge is 0.317 e. The number of hydrogen-bond acceptors (Lipinski definition) is 1. The first-order valence-corrected chi connectivity index (χ1v) is 6.30. The molecule has 0 bridgehead atoms. The quantitative estimate of drug-likeness (QED) is 0.854. The van der Waals surface area contributed by atoms with Crippen molar-refractivity contribution < 1.29 is 4.79 Å². The Labute approximate surface area is 106 Å². The number of carbonyl (C=O) groups excluding carboxylic acids is 1. The van der Waals surface area contributed by atoms with Gasteiger partial charge in [-0.1, -0.05) is 18.2 Å². The molecule has 1 aromatic heterocycles. The van der Waals surface area contributed by atoms with Gasteiger partial charge in [-0.2, -0.15) is 0 Å². The summed E-state index contributed by atoms with van der Waals surface area (Å²) >= 11 is 0. The number of nitrogens with zero attached hydrogens (tertiary/aromatic N) is 1. The third-order valence-electron chi connectivity index (χ3n) is 3.24. The molecule has 1 fully saturated rings. The maximum Gasteiger partial charge on any atom is 0.317 e. The Morgan fingerprint density at radius 1 is 1.44 bits per heavy atom. The van der Waals surface area contributed by atoms with Crippen LogP contribution in [0.25, 0.3) is 10.9 Å². The van der Waals surface area contributed by atoms with Crippen LogP contribution in [0.1, 0.15) is 18.5 Å². The molecule has 2 N–H and O–H groups in total. The van der Waals surface area contributed by atoms with Gasteiger partial charge in [0.2, 0.25) is 0 Å². The number of rotatable bonds is 3. The Kier molecular flexibility index (Phi) is 2.70. The van der Waals surface area contributed by atoms with E-state index in [1.807, 2.05) is 25.2 Å². The number of para-hydroxylation sites is 1. The highest BCUT2D eigenvalue weighted by Crippen LogP contribution is 2.19. The van der Waals surface area contributed by atoms with E-state index in [4.69, 9.17) is 0 Å². The van der Waals surface area contributed by atoms with Crippen molar-refractivity contribution >= 4 is 16.9 Å². The standard InChI is InChI=1S/C14H17N3O/c1-17(14(18)16-11-6-7-11)9-12-8-10-4-2-3-5-13(10)15-12/h2-5,8,11,15H,6-7,9H2,1H3,(H,16,18). The van der Waals surface area contributed by atoms with Gasteiger partial charge in [-0.15, -0.1) is 0 Å². The minimum atomic E-state index is 0.0103. The van der Waals surface area contributed by atoms with Gasteiger partial charge in [0.15, 0.2) is 0 Å². The average Bonchev–Trinajstić information content (AvgIpc) is 3.07. The van der Waals surface area contributed by atoms with Crippen LogP contribution in [0.15, 0.2) is 30.3 Å². The van der Waals surface area contributed by atoms with Crippen LogP contribution in [-0.2, 0) is 6.54 Å². The number of carbonyl (C=O) groups is 1. The van der Waals surface area contributed by atoms with Gasteiger partial charge in [0.1, 0.15) is 0 Å². The summed E-state index contributed by atoms with van der Waals surface area (Å²) in [5, 5.41) is 4.16. The summed E-state index contributed by atoms with van der Waals surface area (Å²) in [4.78, 5) is 16.9. The fraction of sp³-hybridized carbons (Fsp3) is 0.357. The van der Waals surface area contributed by atoms with Gasteiger partial charge < -0.3 is 15.2 Å². The van der Waals surface area contributed by atoms with Crippen molar-refractivity contribution in [3.8, 4) is 0 Å². The molecular formula is C14H17N3O. The third-order valence-corrected chi connectivity index (χ3v) is 3.24. The molecule has 3 rings (SSSR count). The first-order chi connectivity index (χ1) is 8.72. The number of hydrogen-bond donors (Lipinski definition) is 2. The zero-order valence-corrected chi connectivity index (χ0v) is 10.4. The largest absolute Gasteiger partial charge is 0.357 e. The van der Waals surface area contributed by atoms with Gasteiger partial charge in [0.05, 0.1) is 6.54 Å². The number of amides is 2. The summed E-state index contributed by atoms with van der Waals surface area (Å²) in [5.74, 6) is 0. The summed E-state index contributed by atoms with van der Waals surface area (Å²) in [6, 6.07) is 10.6. The van der Waals surface area contributed by atoms with Gasteiger partial charge in [-0.25, -0.2) is 4.79 Å². The predicted molar refractivity (Wildman–Crippen MR) is 71.3 cm³/mol. The number of nitrogens with one attached hydrogen (secondary N) is 2. The van der Waals surface area contributed by atoms with Crippen LogP contribution in [0.2, 0.25) is 0 Å². The lowest BCUT2D eigenvalue weighted by Gasteiger charge is -2.16. The maximum absolute atomic E-state index is 11.8. The molecule has 2 amide bonds. The van der Waals surface area contributed by atoms with E-state index in [1.165, 1.54) is 5.39 Å². The van der Waals surface area contributed by atoms with Gasteiger partial charge in [-0.05, 0) is 30.4 Å². The van der Waals surface area contributed by atoms with Crippen molar-refractivity contribution in [2.24, 2.45) is 0 Å². The van der Waals surface area contributed by atoms with E-state index in [1.54, 1.807) is 4.90 Å². The number of benzene rings is 1.